The molecule has 3 heteroatoms. The minimum absolute atomic E-state index is 0.110. The molecule has 0 aliphatic carbocycles. The molecule has 1 nitrogen and oxygen atoms in total. The quantitative estimate of drug-likeness (QED) is 0.764. The number of aliphatic hydroxyl groups is 1. The lowest BCUT2D eigenvalue weighted by molar-refractivity contribution is 0.290. The van der Waals surface area contributed by atoms with Crippen LogP contribution in [0.25, 0.3) is 0 Å². The molecule has 0 bridgehead atoms. The molecule has 0 spiro atoms. The largest absolute Gasteiger partial charge is 0.396 e. The second-order valence-electron chi connectivity index (χ2n) is 4.66. The van der Waals surface area contributed by atoms with Crippen molar-refractivity contribution in [2.45, 2.75) is 25.2 Å². The maximum atomic E-state index is 13.0. The highest BCUT2D eigenvalue weighted by molar-refractivity contribution is 6.77. The molecule has 1 unspecified atom stereocenters. The molecule has 1 rings (SSSR count). The van der Waals surface area contributed by atoms with E-state index in [0.29, 0.717) is 0 Å². The number of aliphatic hydroxyl groups excluding tert-OH is 1. The maximum absolute atomic E-state index is 13.0. The van der Waals surface area contributed by atoms with Crippen LogP contribution in [-0.2, 0) is 0 Å². The number of rotatable bonds is 3. The summed E-state index contributed by atoms with van der Waals surface area (Å²) in [5.74, 6) is -0.223. The van der Waals surface area contributed by atoms with Gasteiger partial charge in [0.05, 0.1) is 8.07 Å². The molecule has 1 aromatic carbocycles. The Morgan fingerprint density at radius 3 is 2.43 bits per heavy atom. The Balaban J connectivity index is 3.01. The highest BCUT2D eigenvalue weighted by Gasteiger charge is 2.27. The average molecular weight is 212 g/mol. The van der Waals surface area contributed by atoms with Gasteiger partial charge in [0.25, 0.3) is 0 Å². The molecule has 0 aliphatic heterocycles. The molecule has 0 saturated heterocycles. The van der Waals surface area contributed by atoms with Crippen LogP contribution in [0.4, 0.5) is 4.39 Å². The van der Waals surface area contributed by atoms with Gasteiger partial charge >= 0.3 is 0 Å². The lowest BCUT2D eigenvalue weighted by atomic mass is 10.1. The molecular formula is C11H17FOSi. The predicted molar refractivity (Wildman–Crippen MR) is 59.6 cm³/mol. The van der Waals surface area contributed by atoms with Gasteiger partial charge in [0.2, 0.25) is 0 Å². The standard InChI is InChI=1S/C11H17FOSi/c1-14(2,3)11(8-13)9-5-4-6-10(12)7-9/h4-7,11,13H,8H2,1-3H3. The molecule has 0 saturated carbocycles. The third kappa shape index (κ3) is 2.66. The molecular weight excluding hydrogens is 195 g/mol. The third-order valence-electron chi connectivity index (χ3n) is 2.48. The first-order valence-electron chi connectivity index (χ1n) is 4.81. The van der Waals surface area contributed by atoms with Gasteiger partial charge in [-0.05, 0) is 17.7 Å². The van der Waals surface area contributed by atoms with E-state index in [1.54, 1.807) is 6.07 Å². The van der Waals surface area contributed by atoms with E-state index in [2.05, 4.69) is 19.6 Å². The molecule has 0 fully saturated rings. The van der Waals surface area contributed by atoms with Gasteiger partial charge in [0.1, 0.15) is 5.82 Å². The van der Waals surface area contributed by atoms with Crippen LogP contribution in [0.2, 0.25) is 19.6 Å². The fourth-order valence-electron chi connectivity index (χ4n) is 1.60. The summed E-state index contributed by atoms with van der Waals surface area (Å²) in [6.45, 7) is 6.65. The SMILES string of the molecule is C[Si](C)(C)C(CO)c1cccc(F)c1. The van der Waals surface area contributed by atoms with Gasteiger partial charge in [-0.3, -0.25) is 0 Å². The van der Waals surface area contributed by atoms with Gasteiger partial charge in [-0.2, -0.15) is 0 Å². The highest BCUT2D eigenvalue weighted by atomic mass is 28.3. The molecule has 1 N–H and O–H groups in total. The fraction of sp³-hybridized carbons (Fsp3) is 0.455. The summed E-state index contributed by atoms with van der Waals surface area (Å²) in [5, 5.41) is 9.32. The van der Waals surface area contributed by atoms with Gasteiger partial charge in [0, 0.05) is 12.1 Å². The monoisotopic (exact) mass is 212 g/mol. The van der Waals surface area contributed by atoms with E-state index in [9.17, 15) is 9.50 Å². The molecule has 78 valence electrons. The summed E-state index contributed by atoms with van der Waals surface area (Å²) in [6, 6.07) is 6.55. The average Bonchev–Trinajstić information content (AvgIpc) is 2.02. The van der Waals surface area contributed by atoms with Crippen LogP contribution >= 0.6 is 0 Å². The van der Waals surface area contributed by atoms with Crippen molar-refractivity contribution < 1.29 is 9.50 Å². The minimum Gasteiger partial charge on any atom is -0.396 e. The molecule has 1 atom stereocenters. The lowest BCUT2D eigenvalue weighted by Gasteiger charge is -2.27. The summed E-state index contributed by atoms with van der Waals surface area (Å²) in [4.78, 5) is 0. The van der Waals surface area contributed by atoms with Gasteiger partial charge in [-0.15, -0.1) is 0 Å². The summed E-state index contributed by atoms with van der Waals surface area (Å²) < 4.78 is 13.0. The van der Waals surface area contributed by atoms with Crippen LogP contribution in [0, 0.1) is 5.82 Å². The zero-order chi connectivity index (χ0) is 10.8. The molecule has 0 heterocycles. The predicted octanol–water partition coefficient (Wildman–Crippen LogP) is 2.78. The van der Waals surface area contributed by atoms with Crippen LogP contribution in [-0.4, -0.2) is 19.8 Å². The van der Waals surface area contributed by atoms with E-state index in [1.807, 2.05) is 6.07 Å². The van der Waals surface area contributed by atoms with E-state index >= 15 is 0 Å². The number of benzene rings is 1. The topological polar surface area (TPSA) is 20.2 Å². The Morgan fingerprint density at radius 2 is 2.00 bits per heavy atom. The second kappa shape index (κ2) is 4.23. The van der Waals surface area contributed by atoms with E-state index in [0.717, 1.165) is 5.56 Å². The second-order valence-corrected chi connectivity index (χ2v) is 10.1. The Morgan fingerprint density at radius 1 is 1.36 bits per heavy atom. The summed E-state index contributed by atoms with van der Waals surface area (Å²) in [5.41, 5.74) is 1.05. The van der Waals surface area contributed by atoms with Gasteiger partial charge in [-0.25, -0.2) is 4.39 Å². The first-order chi connectivity index (χ1) is 6.45. The van der Waals surface area contributed by atoms with Crippen molar-refractivity contribution in [3.63, 3.8) is 0 Å². The van der Waals surface area contributed by atoms with Crippen molar-refractivity contribution in [2.24, 2.45) is 0 Å². The van der Waals surface area contributed by atoms with E-state index < -0.39 is 8.07 Å². The Bertz CT molecular complexity index is 306. The van der Waals surface area contributed by atoms with Crippen LogP contribution in [0.15, 0.2) is 24.3 Å². The summed E-state index contributed by atoms with van der Waals surface area (Å²) >= 11 is 0. The van der Waals surface area contributed by atoms with Gasteiger partial charge in [0.15, 0.2) is 0 Å². The van der Waals surface area contributed by atoms with E-state index in [-0.39, 0.29) is 18.0 Å². The highest BCUT2D eigenvalue weighted by Crippen LogP contribution is 2.26. The molecule has 0 aromatic heterocycles. The smallest absolute Gasteiger partial charge is 0.123 e. The Kier molecular flexibility index (Phi) is 3.45. The number of hydrogen-bond acceptors (Lipinski definition) is 1. The van der Waals surface area contributed by atoms with Crippen molar-refractivity contribution in [1.29, 1.82) is 0 Å². The minimum atomic E-state index is -1.47. The van der Waals surface area contributed by atoms with Crippen LogP contribution < -0.4 is 0 Å². The molecule has 0 radical (unpaired) electrons. The van der Waals surface area contributed by atoms with Crippen molar-refractivity contribution in [2.75, 3.05) is 6.61 Å². The van der Waals surface area contributed by atoms with Crippen molar-refractivity contribution in [1.82, 2.24) is 0 Å². The molecule has 0 aliphatic rings. The molecule has 1 aromatic rings. The van der Waals surface area contributed by atoms with Crippen molar-refractivity contribution >= 4 is 8.07 Å². The Hall–Kier alpha value is -0.673. The number of halogens is 1. The third-order valence-corrected chi connectivity index (χ3v) is 5.09. The summed E-state index contributed by atoms with van der Waals surface area (Å²) in [6.07, 6.45) is 0. The normalized spacial score (nSPS) is 14.1. The first-order valence-corrected chi connectivity index (χ1v) is 8.39. The molecule has 0 amide bonds. The van der Waals surface area contributed by atoms with Crippen LogP contribution in [0.5, 0.6) is 0 Å². The molecule has 14 heavy (non-hydrogen) atoms. The zero-order valence-electron chi connectivity index (χ0n) is 8.92. The summed E-state index contributed by atoms with van der Waals surface area (Å²) in [7, 11) is -1.47. The number of hydrogen-bond donors (Lipinski definition) is 1. The van der Waals surface area contributed by atoms with Crippen molar-refractivity contribution in [3.8, 4) is 0 Å². The first kappa shape index (κ1) is 11.4. The van der Waals surface area contributed by atoms with E-state index in [4.69, 9.17) is 0 Å². The fourth-order valence-corrected chi connectivity index (χ4v) is 3.33. The van der Waals surface area contributed by atoms with Crippen LogP contribution in [0.1, 0.15) is 11.1 Å². The van der Waals surface area contributed by atoms with Crippen LogP contribution in [0.3, 0.4) is 0 Å². The Labute approximate surface area is 85.6 Å². The lowest BCUT2D eigenvalue weighted by Crippen LogP contribution is -2.33. The van der Waals surface area contributed by atoms with Gasteiger partial charge in [-0.1, -0.05) is 31.8 Å². The van der Waals surface area contributed by atoms with E-state index in [1.165, 1.54) is 12.1 Å². The van der Waals surface area contributed by atoms with Crippen molar-refractivity contribution in [3.05, 3.63) is 35.6 Å². The zero-order valence-corrected chi connectivity index (χ0v) is 9.92. The van der Waals surface area contributed by atoms with Gasteiger partial charge < -0.3 is 5.11 Å². The maximum Gasteiger partial charge on any atom is 0.123 e.